The molecule has 0 saturated heterocycles. The summed E-state index contributed by atoms with van der Waals surface area (Å²) in [5.41, 5.74) is 0. The molecule has 0 amide bonds. The smallest absolute Gasteiger partial charge is 0.0155 e. The second-order valence-corrected chi connectivity index (χ2v) is 4.74. The monoisotopic (exact) mass is 219 g/mol. The largest absolute Gasteiger partial charge is 0.316 e. The van der Waals surface area contributed by atoms with Crippen molar-refractivity contribution in [2.24, 2.45) is 5.92 Å². The maximum absolute atomic E-state index is 3.62. The minimum absolute atomic E-state index is 0.717. The summed E-state index contributed by atoms with van der Waals surface area (Å²) in [6.07, 6.45) is 5.42. The Morgan fingerprint density at radius 1 is 1.55 bits per heavy atom. The van der Waals surface area contributed by atoms with E-state index in [2.05, 4.69) is 28.2 Å². The van der Waals surface area contributed by atoms with Gasteiger partial charge in [0.05, 0.1) is 0 Å². The van der Waals surface area contributed by atoms with Gasteiger partial charge in [-0.25, -0.2) is 0 Å². The van der Waals surface area contributed by atoms with Gasteiger partial charge in [-0.2, -0.15) is 0 Å². The standard InChI is InChI=1S/C9H18BrN/c1-2-9(10)5-6-11-7-8-3-4-8/h8-9,11H,2-7H2,1H3. The zero-order chi connectivity index (χ0) is 8.10. The van der Waals surface area contributed by atoms with Crippen LogP contribution in [0.15, 0.2) is 0 Å². The van der Waals surface area contributed by atoms with Gasteiger partial charge < -0.3 is 5.32 Å². The van der Waals surface area contributed by atoms with E-state index in [-0.39, 0.29) is 0 Å². The second kappa shape index (κ2) is 5.15. The van der Waals surface area contributed by atoms with E-state index in [9.17, 15) is 0 Å². The Hall–Kier alpha value is 0.440. The normalized spacial score (nSPS) is 20.2. The molecule has 1 atom stereocenters. The third-order valence-corrected chi connectivity index (χ3v) is 3.31. The molecule has 0 aliphatic heterocycles. The van der Waals surface area contributed by atoms with Gasteiger partial charge >= 0.3 is 0 Å². The van der Waals surface area contributed by atoms with Crippen LogP contribution < -0.4 is 5.32 Å². The van der Waals surface area contributed by atoms with Gasteiger partial charge in [0.15, 0.2) is 0 Å². The van der Waals surface area contributed by atoms with Crippen molar-refractivity contribution in [3.05, 3.63) is 0 Å². The van der Waals surface area contributed by atoms with Crippen LogP contribution in [0.1, 0.15) is 32.6 Å². The number of rotatable bonds is 6. The molecule has 2 heteroatoms. The second-order valence-electron chi connectivity index (χ2n) is 3.44. The van der Waals surface area contributed by atoms with Gasteiger partial charge in [0.2, 0.25) is 0 Å². The maximum Gasteiger partial charge on any atom is 0.0155 e. The average molecular weight is 220 g/mol. The zero-order valence-corrected chi connectivity index (χ0v) is 8.86. The summed E-state index contributed by atoms with van der Waals surface area (Å²) in [5.74, 6) is 1.02. The summed E-state index contributed by atoms with van der Waals surface area (Å²) in [6, 6.07) is 0. The maximum atomic E-state index is 3.62. The fourth-order valence-corrected chi connectivity index (χ4v) is 1.32. The summed E-state index contributed by atoms with van der Waals surface area (Å²) in [7, 11) is 0. The van der Waals surface area contributed by atoms with Crippen LogP contribution in [0.2, 0.25) is 0 Å². The van der Waals surface area contributed by atoms with Crippen LogP contribution in [0.3, 0.4) is 0 Å². The van der Waals surface area contributed by atoms with Crippen molar-refractivity contribution in [2.75, 3.05) is 13.1 Å². The molecule has 1 aliphatic carbocycles. The third-order valence-electron chi connectivity index (χ3n) is 2.21. The van der Waals surface area contributed by atoms with Crippen LogP contribution in [0.4, 0.5) is 0 Å². The van der Waals surface area contributed by atoms with Gasteiger partial charge in [0.25, 0.3) is 0 Å². The molecular weight excluding hydrogens is 202 g/mol. The summed E-state index contributed by atoms with van der Waals surface area (Å²) in [5, 5.41) is 3.48. The molecule has 0 aromatic carbocycles. The quantitative estimate of drug-likeness (QED) is 0.535. The minimum atomic E-state index is 0.717. The predicted octanol–water partition coefficient (Wildman–Crippen LogP) is 2.55. The number of nitrogens with one attached hydrogen (secondary N) is 1. The molecular formula is C9H18BrN. The lowest BCUT2D eigenvalue weighted by molar-refractivity contribution is 0.601. The molecule has 1 nitrogen and oxygen atoms in total. The first-order chi connectivity index (χ1) is 5.33. The summed E-state index contributed by atoms with van der Waals surface area (Å²) < 4.78 is 0. The highest BCUT2D eigenvalue weighted by Crippen LogP contribution is 2.27. The molecule has 1 saturated carbocycles. The van der Waals surface area contributed by atoms with Gasteiger partial charge in [-0.1, -0.05) is 22.9 Å². The third kappa shape index (κ3) is 4.81. The molecule has 1 rings (SSSR count). The van der Waals surface area contributed by atoms with Gasteiger partial charge in [0, 0.05) is 4.83 Å². The molecule has 1 aliphatic rings. The Kier molecular flexibility index (Phi) is 4.46. The first-order valence-electron chi connectivity index (χ1n) is 4.67. The number of hydrogen-bond donors (Lipinski definition) is 1. The van der Waals surface area contributed by atoms with Crippen molar-refractivity contribution in [1.29, 1.82) is 0 Å². The van der Waals surface area contributed by atoms with Gasteiger partial charge in [-0.15, -0.1) is 0 Å². The number of halogens is 1. The van der Waals surface area contributed by atoms with Gasteiger partial charge in [0.1, 0.15) is 0 Å². The number of alkyl halides is 1. The molecule has 1 fully saturated rings. The summed E-state index contributed by atoms with van der Waals surface area (Å²) in [6.45, 7) is 4.66. The van der Waals surface area contributed by atoms with Crippen molar-refractivity contribution in [1.82, 2.24) is 5.32 Å². The SMILES string of the molecule is CCC(Br)CCNCC1CC1. The van der Waals surface area contributed by atoms with Gasteiger partial charge in [-0.3, -0.25) is 0 Å². The first kappa shape index (κ1) is 9.53. The van der Waals surface area contributed by atoms with E-state index in [0.717, 1.165) is 5.92 Å². The Balaban J connectivity index is 1.79. The topological polar surface area (TPSA) is 12.0 Å². The molecule has 0 spiro atoms. The van der Waals surface area contributed by atoms with E-state index >= 15 is 0 Å². The lowest BCUT2D eigenvalue weighted by Crippen LogP contribution is -2.20. The number of hydrogen-bond acceptors (Lipinski definition) is 1. The van der Waals surface area contributed by atoms with Crippen molar-refractivity contribution < 1.29 is 0 Å². The molecule has 11 heavy (non-hydrogen) atoms. The van der Waals surface area contributed by atoms with Crippen molar-refractivity contribution in [3.63, 3.8) is 0 Å². The van der Waals surface area contributed by atoms with Crippen molar-refractivity contribution in [2.45, 2.75) is 37.4 Å². The van der Waals surface area contributed by atoms with E-state index in [1.54, 1.807) is 0 Å². The highest BCUT2D eigenvalue weighted by Gasteiger charge is 2.19. The van der Waals surface area contributed by atoms with E-state index in [1.807, 2.05) is 0 Å². The molecule has 66 valence electrons. The zero-order valence-electron chi connectivity index (χ0n) is 7.28. The van der Waals surface area contributed by atoms with Crippen LogP contribution in [0, 0.1) is 5.92 Å². The van der Waals surface area contributed by atoms with Crippen LogP contribution in [0.25, 0.3) is 0 Å². The van der Waals surface area contributed by atoms with E-state index in [0.29, 0.717) is 4.83 Å². The molecule has 0 bridgehead atoms. The summed E-state index contributed by atoms with van der Waals surface area (Å²) >= 11 is 3.62. The van der Waals surface area contributed by atoms with Crippen molar-refractivity contribution in [3.8, 4) is 0 Å². The fraction of sp³-hybridized carbons (Fsp3) is 1.00. The molecule has 0 radical (unpaired) electrons. The van der Waals surface area contributed by atoms with E-state index in [4.69, 9.17) is 0 Å². The molecule has 0 heterocycles. The van der Waals surface area contributed by atoms with Gasteiger partial charge in [-0.05, 0) is 44.7 Å². The fourth-order valence-electron chi connectivity index (χ4n) is 1.09. The Morgan fingerprint density at radius 3 is 2.82 bits per heavy atom. The molecule has 0 aromatic rings. The summed E-state index contributed by atoms with van der Waals surface area (Å²) in [4.78, 5) is 0.717. The Labute approximate surface area is 78.1 Å². The highest BCUT2D eigenvalue weighted by atomic mass is 79.9. The van der Waals surface area contributed by atoms with E-state index < -0.39 is 0 Å². The Bertz CT molecular complexity index is 102. The highest BCUT2D eigenvalue weighted by molar-refractivity contribution is 9.09. The Morgan fingerprint density at radius 2 is 2.27 bits per heavy atom. The van der Waals surface area contributed by atoms with Crippen LogP contribution in [0.5, 0.6) is 0 Å². The first-order valence-corrected chi connectivity index (χ1v) is 5.59. The molecule has 0 aromatic heterocycles. The lowest BCUT2D eigenvalue weighted by atomic mass is 10.2. The minimum Gasteiger partial charge on any atom is -0.316 e. The van der Waals surface area contributed by atoms with E-state index in [1.165, 1.54) is 38.8 Å². The van der Waals surface area contributed by atoms with Crippen LogP contribution >= 0.6 is 15.9 Å². The molecule has 1 unspecified atom stereocenters. The van der Waals surface area contributed by atoms with Crippen LogP contribution in [-0.2, 0) is 0 Å². The molecule has 1 N–H and O–H groups in total. The van der Waals surface area contributed by atoms with Crippen molar-refractivity contribution >= 4 is 15.9 Å². The van der Waals surface area contributed by atoms with Crippen LogP contribution in [-0.4, -0.2) is 17.9 Å². The lowest BCUT2D eigenvalue weighted by Gasteiger charge is -2.06. The predicted molar refractivity (Wildman–Crippen MR) is 53.2 cm³/mol. The average Bonchev–Trinajstić information content (AvgIpc) is 2.81.